The van der Waals surface area contributed by atoms with E-state index in [0.29, 0.717) is 0 Å². The Hall–Kier alpha value is -2.15. The quantitative estimate of drug-likeness (QED) is 0.572. The van der Waals surface area contributed by atoms with Gasteiger partial charge in [-0.05, 0) is 41.8 Å². The molecule has 0 bridgehead atoms. The average molecular weight is 407 g/mol. The van der Waals surface area contributed by atoms with Crippen molar-refractivity contribution in [2.75, 3.05) is 7.11 Å². The second-order valence-electron chi connectivity index (χ2n) is 5.59. The molecule has 3 rings (SSSR count). The monoisotopic (exact) mass is 406 g/mol. The Bertz CT molecular complexity index is 1080. The molecule has 0 fully saturated rings. The van der Waals surface area contributed by atoms with Crippen LogP contribution in [-0.2, 0) is 14.6 Å². The Kier molecular flexibility index (Phi) is 5.18. The maximum absolute atomic E-state index is 13.0. The van der Waals surface area contributed by atoms with E-state index in [4.69, 9.17) is 11.6 Å². The summed E-state index contributed by atoms with van der Waals surface area (Å²) < 4.78 is 30.7. The molecular formula is C19H15ClO4S2. The van der Waals surface area contributed by atoms with Gasteiger partial charge in [-0.1, -0.05) is 48.0 Å². The lowest BCUT2D eigenvalue weighted by Gasteiger charge is -2.09. The van der Waals surface area contributed by atoms with E-state index in [0.717, 1.165) is 28.0 Å². The first-order valence-electron chi connectivity index (χ1n) is 7.63. The molecule has 0 unspecified atom stereocenters. The van der Waals surface area contributed by atoms with Crippen LogP contribution in [0.2, 0.25) is 4.34 Å². The standard InChI is InChI=1S/C19H15ClO4S2/c1-12-6-3-4-9-15(12)13-7-5-8-14(10-13)26(22,23)17-11-16(19(21)24-2)25-18(17)20/h3-11H,1-2H3. The summed E-state index contributed by atoms with van der Waals surface area (Å²) in [5.74, 6) is -0.619. The molecule has 4 nitrogen and oxygen atoms in total. The van der Waals surface area contributed by atoms with E-state index in [1.54, 1.807) is 12.1 Å². The largest absolute Gasteiger partial charge is 0.465 e. The number of halogens is 1. The normalized spacial score (nSPS) is 11.3. The van der Waals surface area contributed by atoms with Gasteiger partial charge in [0.2, 0.25) is 9.84 Å². The first-order chi connectivity index (χ1) is 12.3. The summed E-state index contributed by atoms with van der Waals surface area (Å²) in [6.45, 7) is 1.97. The third kappa shape index (κ3) is 3.40. The van der Waals surface area contributed by atoms with Crippen molar-refractivity contribution in [2.24, 2.45) is 0 Å². The number of rotatable bonds is 4. The molecule has 0 saturated carbocycles. The fraction of sp³-hybridized carbons (Fsp3) is 0.105. The molecule has 134 valence electrons. The van der Waals surface area contributed by atoms with Crippen LogP contribution in [0.5, 0.6) is 0 Å². The second kappa shape index (κ2) is 7.23. The van der Waals surface area contributed by atoms with E-state index in [2.05, 4.69) is 4.74 Å². The fourth-order valence-corrected chi connectivity index (χ4v) is 5.70. The molecule has 2 aromatic carbocycles. The van der Waals surface area contributed by atoms with Crippen molar-refractivity contribution in [3.8, 4) is 11.1 Å². The fourth-order valence-electron chi connectivity index (χ4n) is 2.59. The molecular weight excluding hydrogens is 392 g/mol. The zero-order valence-corrected chi connectivity index (χ0v) is 16.4. The van der Waals surface area contributed by atoms with E-state index in [9.17, 15) is 13.2 Å². The molecule has 0 saturated heterocycles. The van der Waals surface area contributed by atoms with Gasteiger partial charge >= 0.3 is 5.97 Å². The first kappa shape index (κ1) is 18.6. The lowest BCUT2D eigenvalue weighted by atomic mass is 10.0. The number of hydrogen-bond acceptors (Lipinski definition) is 5. The number of carbonyl (C=O) groups excluding carboxylic acids is 1. The van der Waals surface area contributed by atoms with Gasteiger partial charge in [-0.15, -0.1) is 11.3 Å². The van der Waals surface area contributed by atoms with Crippen LogP contribution in [0.15, 0.2) is 64.4 Å². The van der Waals surface area contributed by atoms with Crippen LogP contribution in [0.3, 0.4) is 0 Å². The highest BCUT2D eigenvalue weighted by Gasteiger charge is 2.26. The zero-order chi connectivity index (χ0) is 18.9. The van der Waals surface area contributed by atoms with Gasteiger partial charge in [-0.25, -0.2) is 13.2 Å². The highest BCUT2D eigenvalue weighted by Crippen LogP contribution is 2.36. The van der Waals surface area contributed by atoms with Gasteiger partial charge in [0.05, 0.1) is 12.0 Å². The summed E-state index contributed by atoms with van der Waals surface area (Å²) in [7, 11) is -2.63. The van der Waals surface area contributed by atoms with Gasteiger partial charge in [0, 0.05) is 0 Å². The minimum absolute atomic E-state index is 0.0340. The number of thiophene rings is 1. The average Bonchev–Trinajstić information content (AvgIpc) is 3.04. The van der Waals surface area contributed by atoms with Crippen LogP contribution in [-0.4, -0.2) is 21.5 Å². The van der Waals surface area contributed by atoms with Crippen LogP contribution >= 0.6 is 22.9 Å². The molecule has 7 heteroatoms. The van der Waals surface area contributed by atoms with Crippen molar-refractivity contribution in [1.82, 2.24) is 0 Å². The van der Waals surface area contributed by atoms with E-state index in [1.165, 1.54) is 19.2 Å². The molecule has 0 atom stereocenters. The molecule has 0 spiro atoms. The van der Waals surface area contributed by atoms with Crippen molar-refractivity contribution >= 4 is 38.7 Å². The first-order valence-corrected chi connectivity index (χ1v) is 10.3. The molecule has 26 heavy (non-hydrogen) atoms. The Morgan fingerprint density at radius 2 is 1.81 bits per heavy atom. The van der Waals surface area contributed by atoms with Gasteiger partial charge in [0.1, 0.15) is 14.1 Å². The van der Waals surface area contributed by atoms with Gasteiger partial charge in [-0.2, -0.15) is 0 Å². The SMILES string of the molecule is COC(=O)c1cc(S(=O)(=O)c2cccc(-c3ccccc3C)c2)c(Cl)s1. The molecule has 0 radical (unpaired) electrons. The maximum atomic E-state index is 13.0. The van der Waals surface area contributed by atoms with Gasteiger partial charge < -0.3 is 4.74 Å². The van der Waals surface area contributed by atoms with Crippen LogP contribution in [0.4, 0.5) is 0 Å². The number of sulfone groups is 1. The highest BCUT2D eigenvalue weighted by atomic mass is 35.5. The van der Waals surface area contributed by atoms with E-state index < -0.39 is 15.8 Å². The number of aryl methyl sites for hydroxylation is 1. The lowest BCUT2D eigenvalue weighted by molar-refractivity contribution is 0.0606. The summed E-state index contributed by atoms with van der Waals surface area (Å²) in [4.78, 5) is 11.8. The minimum atomic E-state index is -3.86. The molecule has 3 aromatic rings. The van der Waals surface area contributed by atoms with Gasteiger partial charge in [0.15, 0.2) is 0 Å². The number of hydrogen-bond donors (Lipinski definition) is 0. The summed E-state index contributed by atoms with van der Waals surface area (Å²) in [5.41, 5.74) is 2.79. The van der Waals surface area contributed by atoms with Gasteiger partial charge in [0.25, 0.3) is 0 Å². The molecule has 0 amide bonds. The van der Waals surface area contributed by atoms with Crippen molar-refractivity contribution in [2.45, 2.75) is 16.7 Å². The second-order valence-corrected chi connectivity index (χ2v) is 9.16. The predicted molar refractivity (Wildman–Crippen MR) is 103 cm³/mol. The minimum Gasteiger partial charge on any atom is -0.465 e. The topological polar surface area (TPSA) is 60.4 Å². The Balaban J connectivity index is 2.09. The Labute approximate surface area is 160 Å². The highest BCUT2D eigenvalue weighted by molar-refractivity contribution is 7.91. The number of ether oxygens (including phenoxy) is 1. The predicted octanol–water partition coefficient (Wildman–Crippen LogP) is 5.00. The number of benzene rings is 2. The summed E-state index contributed by atoms with van der Waals surface area (Å²) >= 11 is 6.98. The van der Waals surface area contributed by atoms with Crippen LogP contribution in [0.1, 0.15) is 15.2 Å². The number of esters is 1. The third-order valence-electron chi connectivity index (χ3n) is 3.93. The maximum Gasteiger partial charge on any atom is 0.348 e. The summed E-state index contributed by atoms with van der Waals surface area (Å²) in [6, 6.07) is 15.7. The number of methoxy groups -OCH3 is 1. The van der Waals surface area contributed by atoms with Gasteiger partial charge in [-0.3, -0.25) is 0 Å². The van der Waals surface area contributed by atoms with Crippen molar-refractivity contribution in [3.63, 3.8) is 0 Å². The molecule has 1 aromatic heterocycles. The molecule has 0 aliphatic rings. The third-order valence-corrected chi connectivity index (χ3v) is 7.29. The molecule has 1 heterocycles. The summed E-state index contributed by atoms with van der Waals surface area (Å²) in [6.07, 6.45) is 0. The van der Waals surface area contributed by atoms with Crippen LogP contribution in [0, 0.1) is 6.92 Å². The van der Waals surface area contributed by atoms with Crippen molar-refractivity contribution in [3.05, 3.63) is 69.4 Å². The Morgan fingerprint density at radius 1 is 1.08 bits per heavy atom. The number of carbonyl (C=O) groups is 1. The van der Waals surface area contributed by atoms with Crippen LogP contribution in [0.25, 0.3) is 11.1 Å². The molecule has 0 aliphatic heterocycles. The lowest BCUT2D eigenvalue weighted by Crippen LogP contribution is -2.02. The summed E-state index contributed by atoms with van der Waals surface area (Å²) in [5, 5.41) is 0. The molecule has 0 aliphatic carbocycles. The van der Waals surface area contributed by atoms with Crippen LogP contribution < -0.4 is 0 Å². The Morgan fingerprint density at radius 3 is 2.50 bits per heavy atom. The van der Waals surface area contributed by atoms with Crippen molar-refractivity contribution in [1.29, 1.82) is 0 Å². The molecule has 0 N–H and O–H groups in total. The van der Waals surface area contributed by atoms with E-state index >= 15 is 0 Å². The van der Waals surface area contributed by atoms with E-state index in [1.807, 2.05) is 37.3 Å². The zero-order valence-electron chi connectivity index (χ0n) is 14.0. The van der Waals surface area contributed by atoms with Crippen molar-refractivity contribution < 1.29 is 17.9 Å². The smallest absolute Gasteiger partial charge is 0.348 e. The van der Waals surface area contributed by atoms with E-state index in [-0.39, 0.29) is 19.0 Å².